The molecule has 0 atom stereocenters. The van der Waals surface area contributed by atoms with Crippen molar-refractivity contribution in [2.45, 2.75) is 32.7 Å². The van der Waals surface area contributed by atoms with E-state index in [0.717, 1.165) is 22.6 Å². The highest BCUT2D eigenvalue weighted by molar-refractivity contribution is 6.31. The van der Waals surface area contributed by atoms with Gasteiger partial charge in [0.15, 0.2) is 5.65 Å². The molecule has 0 aliphatic heterocycles. The second kappa shape index (κ2) is 5.91. The molecular weight excluding hydrogens is 326 g/mol. The van der Waals surface area contributed by atoms with Gasteiger partial charge in [0.05, 0.1) is 17.1 Å². The third-order valence-corrected chi connectivity index (χ3v) is 3.97. The molecule has 0 amide bonds. The molecule has 0 spiro atoms. The van der Waals surface area contributed by atoms with E-state index in [4.69, 9.17) is 21.7 Å². The minimum absolute atomic E-state index is 0.159. The summed E-state index contributed by atoms with van der Waals surface area (Å²) in [5, 5.41) is 9.57. The number of carbonyl (C=O) groups is 1. The molecule has 0 saturated heterocycles. The van der Waals surface area contributed by atoms with Crippen LogP contribution in [-0.4, -0.2) is 25.6 Å². The Kier molecular flexibility index (Phi) is 4.05. The molecule has 0 fully saturated rings. The fraction of sp³-hybridized carbons (Fsp3) is 0.278. The van der Waals surface area contributed by atoms with Crippen LogP contribution in [0.25, 0.3) is 11.2 Å². The molecule has 5 nitrogen and oxygen atoms in total. The van der Waals surface area contributed by atoms with Crippen molar-refractivity contribution in [3.8, 4) is 0 Å². The maximum absolute atomic E-state index is 11.0. The minimum Gasteiger partial charge on any atom is -0.478 e. The number of fused-ring (bicyclic) bond motifs is 1. The van der Waals surface area contributed by atoms with E-state index in [1.54, 1.807) is 18.3 Å². The van der Waals surface area contributed by atoms with E-state index in [0.29, 0.717) is 11.6 Å². The lowest BCUT2D eigenvalue weighted by Gasteiger charge is -2.20. The minimum atomic E-state index is -0.929. The number of hydrogen-bond acceptors (Lipinski definition) is 3. The number of imidazole rings is 1. The molecule has 0 bridgehead atoms. The summed E-state index contributed by atoms with van der Waals surface area (Å²) in [5.41, 5.74) is 2.63. The van der Waals surface area contributed by atoms with Gasteiger partial charge in [-0.1, -0.05) is 44.5 Å². The van der Waals surface area contributed by atoms with E-state index in [-0.39, 0.29) is 11.0 Å². The van der Waals surface area contributed by atoms with Gasteiger partial charge >= 0.3 is 5.97 Å². The zero-order valence-electron chi connectivity index (χ0n) is 13.7. The molecule has 0 aliphatic rings. The van der Waals surface area contributed by atoms with Gasteiger partial charge in [0.25, 0.3) is 0 Å². The summed E-state index contributed by atoms with van der Waals surface area (Å²) in [6, 6.07) is 8.66. The summed E-state index contributed by atoms with van der Waals surface area (Å²) in [6.07, 6.45) is 1.61. The Hall–Kier alpha value is -2.40. The van der Waals surface area contributed by atoms with Gasteiger partial charge in [-0.25, -0.2) is 14.8 Å². The first-order chi connectivity index (χ1) is 11.3. The monoisotopic (exact) mass is 343 g/mol. The van der Waals surface area contributed by atoms with Crippen LogP contribution in [0.1, 0.15) is 42.5 Å². The zero-order valence-corrected chi connectivity index (χ0v) is 14.5. The number of pyridine rings is 1. The molecule has 2 aromatic heterocycles. The van der Waals surface area contributed by atoms with Crippen molar-refractivity contribution < 1.29 is 9.90 Å². The smallest absolute Gasteiger partial charge is 0.335 e. The Morgan fingerprint density at radius 3 is 2.50 bits per heavy atom. The number of hydrogen-bond donors (Lipinski definition) is 1. The summed E-state index contributed by atoms with van der Waals surface area (Å²) in [4.78, 5) is 20.1. The van der Waals surface area contributed by atoms with Crippen LogP contribution >= 0.6 is 11.6 Å². The number of aromatic carboxylic acids is 1. The standard InChI is InChI=1S/C18H18ClN3O2/c1-18(2,3)17-21-14-8-13(19)9-20-15(14)22(17)10-11-4-6-12(7-5-11)16(23)24/h4-9H,10H2,1-3H3,(H,23,24). The van der Waals surface area contributed by atoms with Gasteiger partial charge in [-0.05, 0) is 23.8 Å². The van der Waals surface area contributed by atoms with Crippen molar-refractivity contribution in [3.05, 3.63) is 58.5 Å². The number of carboxylic acid groups (broad SMARTS) is 1. The van der Waals surface area contributed by atoms with Gasteiger partial charge in [0.1, 0.15) is 11.3 Å². The van der Waals surface area contributed by atoms with E-state index in [1.807, 2.05) is 18.2 Å². The maximum atomic E-state index is 11.0. The van der Waals surface area contributed by atoms with Crippen molar-refractivity contribution in [3.63, 3.8) is 0 Å². The first kappa shape index (κ1) is 16.5. The highest BCUT2D eigenvalue weighted by Gasteiger charge is 2.23. The van der Waals surface area contributed by atoms with Gasteiger partial charge in [0, 0.05) is 11.6 Å². The van der Waals surface area contributed by atoms with Gasteiger partial charge in [-0.2, -0.15) is 0 Å². The Morgan fingerprint density at radius 2 is 1.92 bits per heavy atom. The lowest BCUT2D eigenvalue weighted by Crippen LogP contribution is -2.19. The van der Waals surface area contributed by atoms with Crippen molar-refractivity contribution in [2.75, 3.05) is 0 Å². The van der Waals surface area contributed by atoms with Crippen molar-refractivity contribution in [2.24, 2.45) is 0 Å². The van der Waals surface area contributed by atoms with Crippen LogP contribution in [0.2, 0.25) is 5.02 Å². The number of halogens is 1. The quantitative estimate of drug-likeness (QED) is 0.776. The molecule has 3 aromatic rings. The predicted octanol–water partition coefficient (Wildman–Crippen LogP) is 4.13. The average molecular weight is 344 g/mol. The number of nitrogens with zero attached hydrogens (tertiary/aromatic N) is 3. The fourth-order valence-corrected chi connectivity index (χ4v) is 2.80. The molecule has 124 valence electrons. The topological polar surface area (TPSA) is 68.0 Å². The van der Waals surface area contributed by atoms with Gasteiger partial charge < -0.3 is 9.67 Å². The SMILES string of the molecule is CC(C)(C)c1nc2cc(Cl)cnc2n1Cc1ccc(C(=O)O)cc1. The number of aromatic nitrogens is 3. The molecule has 0 saturated carbocycles. The van der Waals surface area contributed by atoms with Crippen LogP contribution in [0.4, 0.5) is 0 Å². The molecule has 1 N–H and O–H groups in total. The molecule has 2 heterocycles. The summed E-state index contributed by atoms with van der Waals surface area (Å²) in [7, 11) is 0. The second-order valence-electron chi connectivity index (χ2n) is 6.77. The van der Waals surface area contributed by atoms with Crippen molar-refractivity contribution >= 4 is 28.7 Å². The van der Waals surface area contributed by atoms with E-state index >= 15 is 0 Å². The number of benzene rings is 1. The molecule has 6 heteroatoms. The van der Waals surface area contributed by atoms with E-state index < -0.39 is 5.97 Å². The molecule has 24 heavy (non-hydrogen) atoms. The molecule has 0 radical (unpaired) electrons. The van der Waals surface area contributed by atoms with Crippen LogP contribution in [0.5, 0.6) is 0 Å². The Balaban J connectivity index is 2.08. The van der Waals surface area contributed by atoms with Gasteiger partial charge in [0.2, 0.25) is 0 Å². The Bertz CT molecular complexity index is 908. The Morgan fingerprint density at radius 1 is 1.25 bits per heavy atom. The first-order valence-corrected chi connectivity index (χ1v) is 7.98. The maximum Gasteiger partial charge on any atom is 0.335 e. The summed E-state index contributed by atoms with van der Waals surface area (Å²) in [6.45, 7) is 6.86. The molecule has 3 rings (SSSR count). The van der Waals surface area contributed by atoms with Crippen LogP contribution in [-0.2, 0) is 12.0 Å². The zero-order chi connectivity index (χ0) is 17.5. The lowest BCUT2D eigenvalue weighted by molar-refractivity contribution is 0.0697. The predicted molar refractivity (Wildman–Crippen MR) is 93.7 cm³/mol. The average Bonchev–Trinajstić information content (AvgIpc) is 2.85. The molecule has 1 aromatic carbocycles. The third-order valence-electron chi connectivity index (χ3n) is 3.76. The van der Waals surface area contributed by atoms with Crippen molar-refractivity contribution in [1.82, 2.24) is 14.5 Å². The molecular formula is C18H18ClN3O2. The second-order valence-corrected chi connectivity index (χ2v) is 7.21. The van der Waals surface area contributed by atoms with Crippen molar-refractivity contribution in [1.29, 1.82) is 0 Å². The molecule has 0 aliphatic carbocycles. The van der Waals surface area contributed by atoms with Crippen LogP contribution in [0.15, 0.2) is 36.5 Å². The third kappa shape index (κ3) is 3.12. The van der Waals surface area contributed by atoms with Gasteiger partial charge in [-0.3, -0.25) is 0 Å². The van der Waals surface area contributed by atoms with Crippen LogP contribution < -0.4 is 0 Å². The lowest BCUT2D eigenvalue weighted by atomic mass is 9.95. The summed E-state index contributed by atoms with van der Waals surface area (Å²) in [5.74, 6) is -0.0177. The number of carboxylic acids is 1. The normalized spacial score (nSPS) is 11.8. The van der Waals surface area contributed by atoms with Crippen LogP contribution in [0, 0.1) is 0 Å². The summed E-state index contributed by atoms with van der Waals surface area (Å²) >= 11 is 6.03. The highest BCUT2D eigenvalue weighted by atomic mass is 35.5. The number of rotatable bonds is 3. The van der Waals surface area contributed by atoms with Crippen LogP contribution in [0.3, 0.4) is 0 Å². The Labute approximate surface area is 144 Å². The summed E-state index contributed by atoms with van der Waals surface area (Å²) < 4.78 is 2.06. The van der Waals surface area contributed by atoms with E-state index in [1.165, 1.54) is 0 Å². The first-order valence-electron chi connectivity index (χ1n) is 7.60. The van der Waals surface area contributed by atoms with Gasteiger partial charge in [-0.15, -0.1) is 0 Å². The van der Waals surface area contributed by atoms with E-state index in [9.17, 15) is 4.79 Å². The fourth-order valence-electron chi connectivity index (χ4n) is 2.64. The molecule has 0 unspecified atom stereocenters. The van der Waals surface area contributed by atoms with E-state index in [2.05, 4.69) is 30.3 Å². The highest BCUT2D eigenvalue weighted by Crippen LogP contribution is 2.27. The largest absolute Gasteiger partial charge is 0.478 e.